The van der Waals surface area contributed by atoms with Gasteiger partial charge >= 0.3 is 0 Å². The number of carbonyl (C=O) groups is 1. The standard InChI is InChI=1S/C17H15BrFNO4/c1-2-14(17(21)20-13-5-3-10(18)7-12(13)19)24-11-4-6-15-16(8-11)23-9-22-15/h3-8,14H,2,9H2,1H3,(H,20,21). The maximum absolute atomic E-state index is 13.8. The molecule has 1 heterocycles. The molecule has 0 aromatic heterocycles. The lowest BCUT2D eigenvalue weighted by Crippen LogP contribution is -2.32. The molecule has 3 rings (SSSR count). The third-order valence-electron chi connectivity index (χ3n) is 3.47. The highest BCUT2D eigenvalue weighted by atomic mass is 79.9. The maximum Gasteiger partial charge on any atom is 0.265 e. The fourth-order valence-electron chi connectivity index (χ4n) is 2.24. The van der Waals surface area contributed by atoms with Gasteiger partial charge in [0.2, 0.25) is 6.79 Å². The average molecular weight is 396 g/mol. The second-order valence-electron chi connectivity index (χ2n) is 5.14. The minimum absolute atomic E-state index is 0.107. The van der Waals surface area contributed by atoms with E-state index in [2.05, 4.69) is 21.2 Å². The molecule has 2 aromatic rings. The van der Waals surface area contributed by atoms with Crippen molar-refractivity contribution in [2.45, 2.75) is 19.4 Å². The van der Waals surface area contributed by atoms with Crippen molar-refractivity contribution in [3.8, 4) is 17.2 Å². The molecule has 2 aromatic carbocycles. The Balaban J connectivity index is 1.70. The average Bonchev–Trinajstić information content (AvgIpc) is 3.02. The van der Waals surface area contributed by atoms with Crippen LogP contribution in [0.15, 0.2) is 40.9 Å². The van der Waals surface area contributed by atoms with Crippen LogP contribution in [-0.2, 0) is 4.79 Å². The molecule has 0 aliphatic carbocycles. The number of nitrogens with one attached hydrogen (secondary N) is 1. The Kier molecular flexibility index (Phi) is 4.89. The number of halogens is 2. The van der Waals surface area contributed by atoms with Crippen LogP contribution >= 0.6 is 15.9 Å². The zero-order chi connectivity index (χ0) is 17.1. The smallest absolute Gasteiger partial charge is 0.265 e. The molecule has 1 N–H and O–H groups in total. The van der Waals surface area contributed by atoms with Crippen LogP contribution < -0.4 is 19.5 Å². The molecule has 1 aliphatic heterocycles. The molecular formula is C17H15BrFNO4. The molecule has 1 atom stereocenters. The quantitative estimate of drug-likeness (QED) is 0.827. The summed E-state index contributed by atoms with van der Waals surface area (Å²) in [4.78, 5) is 12.3. The summed E-state index contributed by atoms with van der Waals surface area (Å²) in [7, 11) is 0. The van der Waals surface area contributed by atoms with Gasteiger partial charge in [-0.15, -0.1) is 0 Å². The fraction of sp³-hybridized carbons (Fsp3) is 0.235. The van der Waals surface area contributed by atoms with Gasteiger partial charge < -0.3 is 19.5 Å². The molecule has 1 aliphatic rings. The van der Waals surface area contributed by atoms with Crippen molar-refractivity contribution in [2.24, 2.45) is 0 Å². The zero-order valence-corrected chi connectivity index (χ0v) is 14.4. The lowest BCUT2D eigenvalue weighted by molar-refractivity contribution is -0.122. The van der Waals surface area contributed by atoms with E-state index in [4.69, 9.17) is 14.2 Å². The number of benzene rings is 2. The van der Waals surface area contributed by atoms with E-state index < -0.39 is 17.8 Å². The molecule has 1 amide bonds. The molecule has 126 valence electrons. The minimum Gasteiger partial charge on any atom is -0.480 e. The van der Waals surface area contributed by atoms with Gasteiger partial charge in [-0.3, -0.25) is 4.79 Å². The normalized spacial score (nSPS) is 13.5. The van der Waals surface area contributed by atoms with E-state index in [9.17, 15) is 9.18 Å². The summed E-state index contributed by atoms with van der Waals surface area (Å²) in [5.74, 6) is 0.753. The van der Waals surface area contributed by atoms with Crippen LogP contribution in [0.4, 0.5) is 10.1 Å². The third kappa shape index (κ3) is 3.62. The first-order chi connectivity index (χ1) is 11.6. The molecule has 7 heteroatoms. The minimum atomic E-state index is -0.756. The summed E-state index contributed by atoms with van der Waals surface area (Å²) in [6.45, 7) is 1.98. The summed E-state index contributed by atoms with van der Waals surface area (Å²) in [5, 5.41) is 2.55. The summed E-state index contributed by atoms with van der Waals surface area (Å²) < 4.78 is 30.7. The molecule has 1 unspecified atom stereocenters. The number of ether oxygens (including phenoxy) is 3. The van der Waals surface area contributed by atoms with Gasteiger partial charge in [-0.2, -0.15) is 0 Å². The molecule has 0 spiro atoms. The number of amides is 1. The van der Waals surface area contributed by atoms with E-state index in [0.29, 0.717) is 28.1 Å². The Morgan fingerprint density at radius 2 is 2.08 bits per heavy atom. The van der Waals surface area contributed by atoms with Crippen molar-refractivity contribution in [1.82, 2.24) is 0 Å². The van der Waals surface area contributed by atoms with Gasteiger partial charge in [0.15, 0.2) is 17.6 Å². The van der Waals surface area contributed by atoms with Crippen LogP contribution in [0.3, 0.4) is 0 Å². The van der Waals surface area contributed by atoms with Crippen molar-refractivity contribution in [2.75, 3.05) is 12.1 Å². The Hall–Kier alpha value is -2.28. The molecule has 0 fully saturated rings. The van der Waals surface area contributed by atoms with Gasteiger partial charge in [0, 0.05) is 10.5 Å². The van der Waals surface area contributed by atoms with Gasteiger partial charge in [0.25, 0.3) is 5.91 Å². The van der Waals surface area contributed by atoms with Crippen molar-refractivity contribution in [1.29, 1.82) is 0 Å². The van der Waals surface area contributed by atoms with Crippen LogP contribution in [0.2, 0.25) is 0 Å². The number of rotatable bonds is 5. The lowest BCUT2D eigenvalue weighted by atomic mass is 10.2. The number of carbonyl (C=O) groups excluding carboxylic acids is 1. The molecular weight excluding hydrogens is 381 g/mol. The summed E-state index contributed by atoms with van der Waals surface area (Å²) in [6.07, 6.45) is -0.327. The Morgan fingerprint density at radius 1 is 1.29 bits per heavy atom. The number of hydrogen-bond acceptors (Lipinski definition) is 4. The molecule has 0 saturated heterocycles. The first kappa shape index (κ1) is 16.6. The molecule has 0 bridgehead atoms. The first-order valence-electron chi connectivity index (χ1n) is 7.39. The second kappa shape index (κ2) is 7.09. The fourth-order valence-corrected chi connectivity index (χ4v) is 2.57. The van der Waals surface area contributed by atoms with E-state index in [0.717, 1.165) is 0 Å². The van der Waals surface area contributed by atoms with Crippen LogP contribution in [0.5, 0.6) is 17.2 Å². The maximum atomic E-state index is 13.8. The van der Waals surface area contributed by atoms with Crippen molar-refractivity contribution in [3.05, 3.63) is 46.7 Å². The molecule has 24 heavy (non-hydrogen) atoms. The van der Waals surface area contributed by atoms with E-state index in [1.807, 2.05) is 6.92 Å². The first-order valence-corrected chi connectivity index (χ1v) is 8.18. The van der Waals surface area contributed by atoms with E-state index in [1.165, 1.54) is 12.1 Å². The predicted octanol–water partition coefficient (Wildman–Crippen LogP) is 4.11. The van der Waals surface area contributed by atoms with Crippen LogP contribution in [-0.4, -0.2) is 18.8 Å². The third-order valence-corrected chi connectivity index (χ3v) is 3.97. The largest absolute Gasteiger partial charge is 0.480 e. The summed E-state index contributed by atoms with van der Waals surface area (Å²) in [6, 6.07) is 9.51. The van der Waals surface area contributed by atoms with Crippen LogP contribution in [0.1, 0.15) is 13.3 Å². The van der Waals surface area contributed by atoms with Crippen molar-refractivity contribution >= 4 is 27.5 Å². The Morgan fingerprint density at radius 3 is 2.83 bits per heavy atom. The second-order valence-corrected chi connectivity index (χ2v) is 6.06. The molecule has 0 radical (unpaired) electrons. The van der Waals surface area contributed by atoms with E-state index >= 15 is 0 Å². The van der Waals surface area contributed by atoms with E-state index in [-0.39, 0.29) is 12.5 Å². The number of fused-ring (bicyclic) bond motifs is 1. The predicted molar refractivity (Wildman–Crippen MR) is 90.0 cm³/mol. The van der Waals surface area contributed by atoms with Gasteiger partial charge in [-0.05, 0) is 36.8 Å². The highest BCUT2D eigenvalue weighted by Gasteiger charge is 2.21. The lowest BCUT2D eigenvalue weighted by Gasteiger charge is -2.17. The topological polar surface area (TPSA) is 56.8 Å². The number of anilines is 1. The Labute approximate surface area is 146 Å². The van der Waals surface area contributed by atoms with Gasteiger partial charge in [-0.25, -0.2) is 4.39 Å². The van der Waals surface area contributed by atoms with E-state index in [1.54, 1.807) is 24.3 Å². The van der Waals surface area contributed by atoms with Gasteiger partial charge in [0.1, 0.15) is 11.6 Å². The van der Waals surface area contributed by atoms with Crippen molar-refractivity contribution in [3.63, 3.8) is 0 Å². The SMILES string of the molecule is CCC(Oc1ccc2c(c1)OCO2)C(=O)Nc1ccc(Br)cc1F. The zero-order valence-electron chi connectivity index (χ0n) is 12.8. The highest BCUT2D eigenvalue weighted by molar-refractivity contribution is 9.10. The molecule has 5 nitrogen and oxygen atoms in total. The van der Waals surface area contributed by atoms with Crippen LogP contribution in [0, 0.1) is 5.82 Å². The highest BCUT2D eigenvalue weighted by Crippen LogP contribution is 2.35. The van der Waals surface area contributed by atoms with Crippen molar-refractivity contribution < 1.29 is 23.4 Å². The number of hydrogen-bond donors (Lipinski definition) is 1. The van der Waals surface area contributed by atoms with Gasteiger partial charge in [-0.1, -0.05) is 22.9 Å². The molecule has 0 saturated carbocycles. The van der Waals surface area contributed by atoms with Crippen LogP contribution in [0.25, 0.3) is 0 Å². The summed E-state index contributed by atoms with van der Waals surface area (Å²) >= 11 is 3.17. The Bertz CT molecular complexity index is 768. The van der Waals surface area contributed by atoms with Gasteiger partial charge in [0.05, 0.1) is 5.69 Å². The summed E-state index contributed by atoms with van der Waals surface area (Å²) in [5.41, 5.74) is 0.107. The monoisotopic (exact) mass is 395 g/mol.